The average Bonchev–Trinajstić information content (AvgIpc) is 2.69. The van der Waals surface area contributed by atoms with Gasteiger partial charge in [-0.2, -0.15) is 0 Å². The Kier molecular flexibility index (Phi) is 10.3. The van der Waals surface area contributed by atoms with E-state index in [9.17, 15) is 9.59 Å². The molecule has 8 heteroatoms. The molecule has 1 aromatic carbocycles. The lowest BCUT2D eigenvalue weighted by atomic mass is 10.0. The van der Waals surface area contributed by atoms with Gasteiger partial charge in [0.05, 0.1) is 19.7 Å². The lowest BCUT2D eigenvalue weighted by Crippen LogP contribution is -2.52. The molecule has 0 spiro atoms. The number of hydrogen-bond acceptors (Lipinski definition) is 5. The summed E-state index contributed by atoms with van der Waals surface area (Å²) in [5, 5.41) is 12.0. The fourth-order valence-electron chi connectivity index (χ4n) is 3.66. The molecule has 158 valence electrons. The lowest BCUT2D eigenvalue weighted by Gasteiger charge is -2.39. The van der Waals surface area contributed by atoms with Crippen molar-refractivity contribution in [2.45, 2.75) is 45.3 Å². The standard InChI is InChI=1S/C20H31N3O4.ClH/c1-4-22(14-19(24)25)17-9-11-23(12-10-17)15(2)20(26)21-13-16-7-5-6-8-18(16)27-3;/h5-8,15,17H,4,9-14H2,1-3H3,(H,21,26)(H,24,25);1H. The van der Waals surface area contributed by atoms with E-state index in [1.54, 1.807) is 7.11 Å². The number of para-hydroxylation sites is 1. The van der Waals surface area contributed by atoms with Gasteiger partial charge in [0.1, 0.15) is 5.75 Å². The molecule has 1 aliphatic rings. The van der Waals surface area contributed by atoms with Gasteiger partial charge in [0.25, 0.3) is 0 Å². The van der Waals surface area contributed by atoms with Gasteiger partial charge < -0.3 is 15.2 Å². The van der Waals surface area contributed by atoms with Crippen LogP contribution in [0.2, 0.25) is 0 Å². The molecule has 28 heavy (non-hydrogen) atoms. The number of carbonyl (C=O) groups is 2. The first-order valence-corrected chi connectivity index (χ1v) is 9.55. The quantitative estimate of drug-likeness (QED) is 0.644. The molecule has 2 N–H and O–H groups in total. The smallest absolute Gasteiger partial charge is 0.317 e. The molecular weight excluding hydrogens is 382 g/mol. The first-order valence-electron chi connectivity index (χ1n) is 9.55. The van der Waals surface area contributed by atoms with Crippen molar-refractivity contribution in [3.05, 3.63) is 29.8 Å². The van der Waals surface area contributed by atoms with E-state index in [4.69, 9.17) is 9.84 Å². The van der Waals surface area contributed by atoms with Gasteiger partial charge in [0.2, 0.25) is 5.91 Å². The topological polar surface area (TPSA) is 82.1 Å². The number of benzene rings is 1. The lowest BCUT2D eigenvalue weighted by molar-refractivity contribution is -0.139. The molecule has 1 saturated heterocycles. The Balaban J connectivity index is 0.00000392. The van der Waals surface area contributed by atoms with Gasteiger partial charge in [-0.15, -0.1) is 12.4 Å². The second-order valence-corrected chi connectivity index (χ2v) is 6.93. The summed E-state index contributed by atoms with van der Waals surface area (Å²) in [6, 6.07) is 7.71. The number of rotatable bonds is 9. The number of methoxy groups -OCH3 is 1. The number of halogens is 1. The second-order valence-electron chi connectivity index (χ2n) is 6.93. The maximum absolute atomic E-state index is 12.6. The van der Waals surface area contributed by atoms with E-state index in [-0.39, 0.29) is 36.9 Å². The minimum atomic E-state index is -0.789. The highest BCUT2D eigenvalue weighted by atomic mass is 35.5. The number of carboxylic acid groups (broad SMARTS) is 1. The Morgan fingerprint density at radius 2 is 1.96 bits per heavy atom. The monoisotopic (exact) mass is 413 g/mol. The van der Waals surface area contributed by atoms with E-state index in [1.165, 1.54) is 0 Å². The molecule has 1 aliphatic heterocycles. The molecule has 0 aliphatic carbocycles. The zero-order chi connectivity index (χ0) is 19.8. The van der Waals surface area contributed by atoms with Gasteiger partial charge in [0.15, 0.2) is 0 Å². The van der Waals surface area contributed by atoms with E-state index in [0.717, 1.165) is 43.8 Å². The van der Waals surface area contributed by atoms with Crippen LogP contribution in [0.4, 0.5) is 0 Å². The van der Waals surface area contributed by atoms with Crippen molar-refractivity contribution in [3.8, 4) is 5.75 Å². The van der Waals surface area contributed by atoms with Crippen LogP contribution in [0.25, 0.3) is 0 Å². The van der Waals surface area contributed by atoms with Gasteiger partial charge >= 0.3 is 5.97 Å². The highest BCUT2D eigenvalue weighted by molar-refractivity contribution is 5.85. The molecule has 1 fully saturated rings. The third kappa shape index (κ3) is 6.65. The molecule has 1 heterocycles. The van der Waals surface area contributed by atoms with Gasteiger partial charge in [0, 0.05) is 31.2 Å². The van der Waals surface area contributed by atoms with Crippen molar-refractivity contribution >= 4 is 24.3 Å². The molecule has 0 radical (unpaired) electrons. The third-order valence-electron chi connectivity index (χ3n) is 5.33. The highest BCUT2D eigenvalue weighted by Crippen LogP contribution is 2.19. The molecule has 1 unspecified atom stereocenters. The molecule has 1 atom stereocenters. The number of nitrogens with one attached hydrogen (secondary N) is 1. The molecular formula is C20H32ClN3O4. The van der Waals surface area contributed by atoms with Gasteiger partial charge in [-0.1, -0.05) is 25.1 Å². The normalized spacial score (nSPS) is 16.3. The second kappa shape index (κ2) is 11.9. The van der Waals surface area contributed by atoms with Gasteiger partial charge in [-0.25, -0.2) is 0 Å². The minimum Gasteiger partial charge on any atom is -0.496 e. The van der Waals surface area contributed by atoms with Crippen molar-refractivity contribution in [3.63, 3.8) is 0 Å². The van der Waals surface area contributed by atoms with Crippen LogP contribution >= 0.6 is 12.4 Å². The third-order valence-corrected chi connectivity index (χ3v) is 5.33. The Morgan fingerprint density at radius 3 is 2.54 bits per heavy atom. The van der Waals surface area contributed by atoms with Crippen molar-refractivity contribution in [1.82, 2.24) is 15.1 Å². The number of nitrogens with zero attached hydrogens (tertiary/aromatic N) is 2. The van der Waals surface area contributed by atoms with Crippen LogP contribution < -0.4 is 10.1 Å². The van der Waals surface area contributed by atoms with E-state index in [1.807, 2.05) is 43.0 Å². The van der Waals surface area contributed by atoms with Gasteiger partial charge in [-0.3, -0.25) is 19.4 Å². The maximum atomic E-state index is 12.6. The molecule has 0 bridgehead atoms. The number of aliphatic carboxylic acids is 1. The summed E-state index contributed by atoms with van der Waals surface area (Å²) in [5.74, 6) is -0.0232. The zero-order valence-electron chi connectivity index (χ0n) is 16.9. The summed E-state index contributed by atoms with van der Waals surface area (Å²) < 4.78 is 5.32. The number of ether oxygens (including phenoxy) is 1. The summed E-state index contributed by atoms with van der Waals surface area (Å²) in [6.07, 6.45) is 1.76. The van der Waals surface area contributed by atoms with Crippen LogP contribution in [0.3, 0.4) is 0 Å². The predicted octanol–water partition coefficient (Wildman–Crippen LogP) is 1.99. The summed E-state index contributed by atoms with van der Waals surface area (Å²) in [4.78, 5) is 27.7. The SMILES string of the molecule is CCN(CC(=O)O)C1CCN(C(C)C(=O)NCc2ccccc2OC)CC1.Cl. The average molecular weight is 414 g/mol. The van der Waals surface area contributed by atoms with Gasteiger partial charge in [-0.05, 0) is 32.4 Å². The first kappa shape index (κ1) is 24.2. The van der Waals surface area contributed by atoms with Crippen LogP contribution in [0.5, 0.6) is 5.75 Å². The molecule has 0 saturated carbocycles. The Morgan fingerprint density at radius 1 is 1.32 bits per heavy atom. The largest absolute Gasteiger partial charge is 0.496 e. The van der Waals surface area contributed by atoms with E-state index in [0.29, 0.717) is 6.54 Å². The number of carboxylic acids is 1. The minimum absolute atomic E-state index is 0. The molecule has 1 amide bonds. The summed E-state index contributed by atoms with van der Waals surface area (Å²) in [5.41, 5.74) is 0.950. The molecule has 0 aromatic heterocycles. The number of likely N-dealkylation sites (tertiary alicyclic amines) is 1. The van der Waals surface area contributed by atoms with Crippen LogP contribution in [0.1, 0.15) is 32.3 Å². The van der Waals surface area contributed by atoms with Crippen molar-refractivity contribution in [1.29, 1.82) is 0 Å². The Labute approximate surface area is 173 Å². The van der Waals surface area contributed by atoms with E-state index in [2.05, 4.69) is 10.2 Å². The fraction of sp³-hybridized carbons (Fsp3) is 0.600. The molecule has 1 aromatic rings. The number of likely N-dealkylation sites (N-methyl/N-ethyl adjacent to an activating group) is 1. The van der Waals surface area contributed by atoms with E-state index < -0.39 is 5.97 Å². The first-order chi connectivity index (χ1) is 13.0. The predicted molar refractivity (Wildman–Crippen MR) is 111 cm³/mol. The van der Waals surface area contributed by atoms with Crippen LogP contribution in [0.15, 0.2) is 24.3 Å². The fourth-order valence-corrected chi connectivity index (χ4v) is 3.66. The Hall–Kier alpha value is -1.83. The maximum Gasteiger partial charge on any atom is 0.317 e. The number of piperidine rings is 1. The molecule has 7 nitrogen and oxygen atoms in total. The zero-order valence-corrected chi connectivity index (χ0v) is 17.7. The van der Waals surface area contributed by atoms with Crippen LogP contribution in [-0.2, 0) is 16.1 Å². The highest BCUT2D eigenvalue weighted by Gasteiger charge is 2.29. The van der Waals surface area contributed by atoms with Crippen LogP contribution in [-0.4, -0.2) is 72.2 Å². The van der Waals surface area contributed by atoms with E-state index >= 15 is 0 Å². The molecule has 2 rings (SSSR count). The van der Waals surface area contributed by atoms with Crippen LogP contribution in [0, 0.1) is 0 Å². The van der Waals surface area contributed by atoms with Crippen molar-refractivity contribution in [2.75, 3.05) is 33.3 Å². The number of carbonyl (C=O) groups excluding carboxylic acids is 1. The Bertz CT molecular complexity index is 636. The van der Waals surface area contributed by atoms with Crippen molar-refractivity contribution in [2.24, 2.45) is 0 Å². The van der Waals surface area contributed by atoms with Crippen molar-refractivity contribution < 1.29 is 19.4 Å². The summed E-state index contributed by atoms with van der Waals surface area (Å²) >= 11 is 0. The summed E-state index contributed by atoms with van der Waals surface area (Å²) in [7, 11) is 1.62. The number of amides is 1. The summed E-state index contributed by atoms with van der Waals surface area (Å²) in [6.45, 7) is 6.75. The number of hydrogen-bond donors (Lipinski definition) is 2.